The van der Waals surface area contributed by atoms with E-state index in [-0.39, 0.29) is 5.91 Å². The Morgan fingerprint density at radius 3 is 2.79 bits per heavy atom. The van der Waals surface area contributed by atoms with Gasteiger partial charge in [-0.25, -0.2) is 9.97 Å². The van der Waals surface area contributed by atoms with Gasteiger partial charge in [0.15, 0.2) is 5.69 Å². The van der Waals surface area contributed by atoms with Crippen LogP contribution in [0.2, 0.25) is 0 Å². The molecule has 1 aliphatic heterocycles. The number of nitrogens with one attached hydrogen (secondary N) is 1. The summed E-state index contributed by atoms with van der Waals surface area (Å²) in [5.74, 6) is 1.23. The summed E-state index contributed by atoms with van der Waals surface area (Å²) in [7, 11) is 0. The molecule has 1 amide bonds. The van der Waals surface area contributed by atoms with Gasteiger partial charge in [-0.2, -0.15) is 15.4 Å². The Morgan fingerprint density at radius 1 is 1.18 bits per heavy atom. The molecule has 0 spiro atoms. The number of piperazine rings is 1. The second-order valence-electron chi connectivity index (χ2n) is 7.27. The van der Waals surface area contributed by atoms with Crippen molar-refractivity contribution < 1.29 is 9.53 Å². The highest BCUT2D eigenvalue weighted by Gasteiger charge is 2.25. The van der Waals surface area contributed by atoms with Gasteiger partial charge in [-0.1, -0.05) is 0 Å². The summed E-state index contributed by atoms with van der Waals surface area (Å²) in [6.45, 7) is 3.50. The number of aromatic nitrogens is 5. The number of ether oxygens (including phenoxy) is 1. The number of hydrogen-bond acceptors (Lipinski definition) is 7. The van der Waals surface area contributed by atoms with Gasteiger partial charge in [0.25, 0.3) is 5.91 Å². The van der Waals surface area contributed by atoms with Crippen LogP contribution < -0.4 is 9.64 Å². The third-order valence-electron chi connectivity index (χ3n) is 5.30. The molecule has 0 bridgehead atoms. The average molecular weight is 379 g/mol. The first-order valence-electron chi connectivity index (χ1n) is 9.55. The van der Waals surface area contributed by atoms with E-state index in [1.54, 1.807) is 6.33 Å². The van der Waals surface area contributed by atoms with Gasteiger partial charge in [-0.3, -0.25) is 4.79 Å². The van der Waals surface area contributed by atoms with Crippen molar-refractivity contribution >= 4 is 22.5 Å². The van der Waals surface area contributed by atoms with Crippen LogP contribution >= 0.6 is 0 Å². The summed E-state index contributed by atoms with van der Waals surface area (Å²) in [5, 5.41) is 11.0. The van der Waals surface area contributed by atoms with E-state index in [2.05, 4.69) is 42.4 Å². The van der Waals surface area contributed by atoms with Crippen molar-refractivity contribution in [1.82, 2.24) is 30.3 Å². The summed E-state index contributed by atoms with van der Waals surface area (Å²) in [6.07, 6.45) is 5.50. The highest BCUT2D eigenvalue weighted by atomic mass is 16.5. The lowest BCUT2D eigenvalue weighted by molar-refractivity contribution is 0.0741. The van der Waals surface area contributed by atoms with Crippen molar-refractivity contribution in [2.45, 2.75) is 12.8 Å². The monoisotopic (exact) mass is 379 g/mol. The molecule has 1 saturated carbocycles. The Kier molecular flexibility index (Phi) is 4.27. The molecule has 3 aromatic rings. The molecule has 2 aromatic heterocycles. The van der Waals surface area contributed by atoms with Crippen molar-refractivity contribution in [3.05, 3.63) is 36.4 Å². The van der Waals surface area contributed by atoms with E-state index in [1.807, 2.05) is 11.0 Å². The van der Waals surface area contributed by atoms with Crippen molar-refractivity contribution in [1.29, 1.82) is 0 Å². The normalized spacial score (nSPS) is 17.1. The number of rotatable bonds is 5. The molecule has 2 aliphatic rings. The Bertz CT molecular complexity index is 979. The first kappa shape index (κ1) is 16.9. The number of fused-ring (bicyclic) bond motifs is 1. The fourth-order valence-electron chi connectivity index (χ4n) is 3.45. The number of anilines is 1. The lowest BCUT2D eigenvalue weighted by Gasteiger charge is -2.35. The van der Waals surface area contributed by atoms with Crippen LogP contribution in [0, 0.1) is 5.92 Å². The quantitative estimate of drug-likeness (QED) is 0.717. The highest BCUT2D eigenvalue weighted by Crippen LogP contribution is 2.32. The number of carbonyl (C=O) groups excluding carboxylic acids is 1. The molecule has 9 heteroatoms. The van der Waals surface area contributed by atoms with Crippen molar-refractivity contribution in [3.8, 4) is 5.88 Å². The van der Waals surface area contributed by atoms with Crippen molar-refractivity contribution in [3.63, 3.8) is 0 Å². The molecule has 1 aliphatic carbocycles. The van der Waals surface area contributed by atoms with Crippen LogP contribution in [-0.4, -0.2) is 69.0 Å². The predicted octanol–water partition coefficient (Wildman–Crippen LogP) is 1.50. The first-order chi connectivity index (χ1) is 13.8. The lowest BCUT2D eigenvalue weighted by Crippen LogP contribution is -2.48. The van der Waals surface area contributed by atoms with Gasteiger partial charge in [-0.05, 0) is 37.0 Å². The van der Waals surface area contributed by atoms with E-state index in [4.69, 9.17) is 4.74 Å². The molecule has 1 saturated heterocycles. The van der Waals surface area contributed by atoms with Gasteiger partial charge < -0.3 is 14.5 Å². The third kappa shape index (κ3) is 3.35. The number of benzene rings is 1. The topological polar surface area (TPSA) is 100 Å². The minimum atomic E-state index is -0.0870. The second kappa shape index (κ2) is 7.06. The zero-order valence-corrected chi connectivity index (χ0v) is 15.4. The molecular formula is C19H21N7O2. The second-order valence-corrected chi connectivity index (χ2v) is 7.27. The SMILES string of the molecule is O=C(c1cn[nH]n1)N1CCN(c2ccc3ncnc(OCC4CC4)c3c2)CC1. The molecule has 28 heavy (non-hydrogen) atoms. The minimum absolute atomic E-state index is 0.0870. The van der Waals surface area contributed by atoms with Crippen LogP contribution in [0.5, 0.6) is 5.88 Å². The van der Waals surface area contributed by atoms with E-state index in [0.29, 0.717) is 30.6 Å². The van der Waals surface area contributed by atoms with Crippen LogP contribution in [0.4, 0.5) is 5.69 Å². The molecule has 0 unspecified atom stereocenters. The zero-order chi connectivity index (χ0) is 18.9. The zero-order valence-electron chi connectivity index (χ0n) is 15.4. The maximum absolute atomic E-state index is 12.4. The number of nitrogens with zero attached hydrogens (tertiary/aromatic N) is 6. The molecule has 3 heterocycles. The first-order valence-corrected chi connectivity index (χ1v) is 9.55. The summed E-state index contributed by atoms with van der Waals surface area (Å²) in [4.78, 5) is 25.2. The van der Waals surface area contributed by atoms with E-state index in [9.17, 15) is 4.79 Å². The maximum Gasteiger partial charge on any atom is 0.276 e. The van der Waals surface area contributed by atoms with Gasteiger partial charge in [0, 0.05) is 31.9 Å². The van der Waals surface area contributed by atoms with Gasteiger partial charge in [0.2, 0.25) is 5.88 Å². The predicted molar refractivity (Wildman–Crippen MR) is 102 cm³/mol. The van der Waals surface area contributed by atoms with Gasteiger partial charge in [0.05, 0.1) is 23.7 Å². The number of amides is 1. The molecule has 1 aromatic carbocycles. The molecule has 0 atom stereocenters. The highest BCUT2D eigenvalue weighted by molar-refractivity contribution is 5.92. The Hall–Kier alpha value is -3.23. The van der Waals surface area contributed by atoms with E-state index >= 15 is 0 Å². The number of carbonyl (C=O) groups is 1. The molecule has 1 N–H and O–H groups in total. The van der Waals surface area contributed by atoms with E-state index < -0.39 is 0 Å². The van der Waals surface area contributed by atoms with Crippen molar-refractivity contribution in [2.24, 2.45) is 5.92 Å². The minimum Gasteiger partial charge on any atom is -0.477 e. The number of aromatic amines is 1. The van der Waals surface area contributed by atoms with E-state index in [0.717, 1.165) is 36.3 Å². The van der Waals surface area contributed by atoms with Crippen LogP contribution in [-0.2, 0) is 0 Å². The van der Waals surface area contributed by atoms with E-state index in [1.165, 1.54) is 19.0 Å². The maximum atomic E-state index is 12.4. The smallest absolute Gasteiger partial charge is 0.276 e. The molecule has 5 rings (SSSR count). The van der Waals surface area contributed by atoms with Crippen LogP contribution in [0.3, 0.4) is 0 Å². The molecule has 9 nitrogen and oxygen atoms in total. The number of H-pyrrole nitrogens is 1. The molecular weight excluding hydrogens is 358 g/mol. The molecule has 2 fully saturated rings. The van der Waals surface area contributed by atoms with Gasteiger partial charge in [-0.15, -0.1) is 0 Å². The summed E-state index contributed by atoms with van der Waals surface area (Å²) >= 11 is 0. The Morgan fingerprint density at radius 2 is 2.04 bits per heavy atom. The number of hydrogen-bond donors (Lipinski definition) is 1. The van der Waals surface area contributed by atoms with Gasteiger partial charge in [0.1, 0.15) is 6.33 Å². The Balaban J connectivity index is 1.31. The summed E-state index contributed by atoms with van der Waals surface area (Å²) in [5.41, 5.74) is 2.32. The van der Waals surface area contributed by atoms with Crippen LogP contribution in [0.15, 0.2) is 30.7 Å². The fraction of sp³-hybridized carbons (Fsp3) is 0.421. The average Bonchev–Trinajstić information content (AvgIpc) is 3.42. The third-order valence-corrected chi connectivity index (χ3v) is 5.30. The summed E-state index contributed by atoms with van der Waals surface area (Å²) in [6, 6.07) is 6.16. The van der Waals surface area contributed by atoms with Crippen LogP contribution in [0.1, 0.15) is 23.3 Å². The molecule has 0 radical (unpaired) electrons. The standard InChI is InChI=1S/C19H21N7O2/c27-19(17-10-22-24-23-17)26-7-5-25(6-8-26)14-3-4-16-15(9-14)18(21-12-20-16)28-11-13-1-2-13/h3-4,9-10,12-13H,1-2,5-8,11H2,(H,22,23,24). The Labute approximate surface area is 161 Å². The molecule has 144 valence electrons. The van der Waals surface area contributed by atoms with Gasteiger partial charge >= 0.3 is 0 Å². The van der Waals surface area contributed by atoms with Crippen molar-refractivity contribution in [2.75, 3.05) is 37.7 Å². The lowest BCUT2D eigenvalue weighted by atomic mass is 10.2. The van der Waals surface area contributed by atoms with Crippen LogP contribution in [0.25, 0.3) is 10.9 Å². The fourth-order valence-corrected chi connectivity index (χ4v) is 3.45. The largest absolute Gasteiger partial charge is 0.477 e. The summed E-state index contributed by atoms with van der Waals surface area (Å²) < 4.78 is 5.94.